The van der Waals surface area contributed by atoms with Gasteiger partial charge >= 0.3 is 0 Å². The Kier molecular flexibility index (Phi) is 2.53. The average Bonchev–Trinajstić information content (AvgIpc) is 2.57. The Morgan fingerprint density at radius 3 is 2.50 bits per heavy atom. The molecule has 0 saturated carbocycles. The summed E-state index contributed by atoms with van der Waals surface area (Å²) in [6.45, 7) is 3.60. The number of rotatable bonds is 2. The van der Waals surface area contributed by atoms with E-state index in [4.69, 9.17) is 24.1 Å². The van der Waals surface area contributed by atoms with Crippen molar-refractivity contribution >= 4 is 0 Å². The molecule has 5 nitrogen and oxygen atoms in total. The third-order valence-corrected chi connectivity index (χ3v) is 2.52. The number of hydrogen-bond donors (Lipinski definition) is 1. The fourth-order valence-electron chi connectivity index (χ4n) is 1.98. The van der Waals surface area contributed by atoms with E-state index < -0.39 is 12.1 Å². The van der Waals surface area contributed by atoms with Gasteiger partial charge in [-0.1, -0.05) is 0 Å². The first-order valence-corrected chi connectivity index (χ1v) is 4.72. The van der Waals surface area contributed by atoms with E-state index in [9.17, 15) is 0 Å². The molecular formula is C9H16O5. The number of aliphatic hydroxyl groups is 1. The highest BCUT2D eigenvalue weighted by molar-refractivity contribution is 4.94. The van der Waals surface area contributed by atoms with Crippen LogP contribution in [-0.2, 0) is 18.9 Å². The maximum atomic E-state index is 9.08. The molecule has 0 radical (unpaired) electrons. The highest BCUT2D eigenvalue weighted by Crippen LogP contribution is 2.38. The minimum Gasteiger partial charge on any atom is -0.394 e. The van der Waals surface area contributed by atoms with Crippen molar-refractivity contribution in [3.8, 4) is 0 Å². The third-order valence-electron chi connectivity index (χ3n) is 2.52. The lowest BCUT2D eigenvalue weighted by Crippen LogP contribution is -2.31. The summed E-state index contributed by atoms with van der Waals surface area (Å²) >= 11 is 0. The molecule has 5 heteroatoms. The largest absolute Gasteiger partial charge is 0.394 e. The molecule has 0 amide bonds. The zero-order valence-electron chi connectivity index (χ0n) is 8.60. The van der Waals surface area contributed by atoms with Crippen molar-refractivity contribution in [2.75, 3.05) is 13.7 Å². The van der Waals surface area contributed by atoms with Gasteiger partial charge in [0.25, 0.3) is 0 Å². The van der Waals surface area contributed by atoms with Crippen molar-refractivity contribution in [3.05, 3.63) is 0 Å². The summed E-state index contributed by atoms with van der Waals surface area (Å²) in [6.07, 6.45) is -1.28. The maximum Gasteiger partial charge on any atom is 0.186 e. The molecule has 2 aliphatic rings. The topological polar surface area (TPSA) is 57.2 Å². The van der Waals surface area contributed by atoms with Crippen molar-refractivity contribution in [1.82, 2.24) is 0 Å². The van der Waals surface area contributed by atoms with Crippen LogP contribution in [-0.4, -0.2) is 49.2 Å². The maximum absolute atomic E-state index is 9.08. The molecule has 2 rings (SSSR count). The first-order chi connectivity index (χ1) is 6.57. The van der Waals surface area contributed by atoms with Crippen LogP contribution in [0.25, 0.3) is 0 Å². The molecule has 0 aliphatic carbocycles. The molecule has 0 aromatic rings. The SMILES string of the molecule is COC1OC(CO)C2OC(C)(C)OC12. The standard InChI is InChI=1S/C9H16O5/c1-9(2)13-6-5(4-10)12-8(11-3)7(6)14-9/h5-8,10H,4H2,1-3H3. The zero-order valence-corrected chi connectivity index (χ0v) is 8.60. The molecule has 0 spiro atoms. The Bertz CT molecular complexity index is 197. The number of methoxy groups -OCH3 is 1. The predicted molar refractivity (Wildman–Crippen MR) is 46.6 cm³/mol. The van der Waals surface area contributed by atoms with Gasteiger partial charge in [0.1, 0.15) is 18.3 Å². The van der Waals surface area contributed by atoms with Gasteiger partial charge in [-0.3, -0.25) is 0 Å². The van der Waals surface area contributed by atoms with Crippen LogP contribution in [0.15, 0.2) is 0 Å². The van der Waals surface area contributed by atoms with E-state index in [0.717, 1.165) is 0 Å². The molecule has 14 heavy (non-hydrogen) atoms. The van der Waals surface area contributed by atoms with Gasteiger partial charge in [-0.2, -0.15) is 0 Å². The van der Waals surface area contributed by atoms with Crippen LogP contribution in [0, 0.1) is 0 Å². The molecule has 82 valence electrons. The van der Waals surface area contributed by atoms with Gasteiger partial charge in [0.2, 0.25) is 0 Å². The minimum absolute atomic E-state index is 0.0829. The normalized spacial score (nSPS) is 45.4. The Hall–Kier alpha value is -0.200. The number of ether oxygens (including phenoxy) is 4. The van der Waals surface area contributed by atoms with Crippen LogP contribution in [0.1, 0.15) is 13.8 Å². The predicted octanol–water partition coefficient (Wildman–Crippen LogP) is -0.130. The summed E-state index contributed by atoms with van der Waals surface area (Å²) in [5.41, 5.74) is 0. The molecule has 2 saturated heterocycles. The third kappa shape index (κ3) is 1.55. The number of hydrogen-bond acceptors (Lipinski definition) is 5. The lowest BCUT2D eigenvalue weighted by molar-refractivity contribution is -0.230. The van der Waals surface area contributed by atoms with E-state index in [1.165, 1.54) is 0 Å². The summed E-state index contributed by atoms with van der Waals surface area (Å²) in [5.74, 6) is -0.622. The summed E-state index contributed by atoms with van der Waals surface area (Å²) < 4.78 is 21.8. The summed E-state index contributed by atoms with van der Waals surface area (Å²) in [4.78, 5) is 0. The number of fused-ring (bicyclic) bond motifs is 1. The van der Waals surface area contributed by atoms with Gasteiger partial charge in [0.15, 0.2) is 12.1 Å². The van der Waals surface area contributed by atoms with Crippen LogP contribution in [0.2, 0.25) is 0 Å². The molecule has 0 bridgehead atoms. The van der Waals surface area contributed by atoms with Crippen molar-refractivity contribution < 1.29 is 24.1 Å². The molecule has 2 fully saturated rings. The minimum atomic E-state index is -0.622. The zero-order chi connectivity index (χ0) is 10.3. The second kappa shape index (κ2) is 3.43. The lowest BCUT2D eigenvalue weighted by atomic mass is 10.1. The Morgan fingerprint density at radius 2 is 1.93 bits per heavy atom. The summed E-state index contributed by atoms with van der Waals surface area (Å²) in [5, 5.41) is 9.08. The number of aliphatic hydroxyl groups excluding tert-OH is 1. The fraction of sp³-hybridized carbons (Fsp3) is 1.00. The first-order valence-electron chi connectivity index (χ1n) is 4.72. The smallest absolute Gasteiger partial charge is 0.186 e. The van der Waals surface area contributed by atoms with E-state index in [-0.39, 0.29) is 24.9 Å². The van der Waals surface area contributed by atoms with Crippen molar-refractivity contribution in [2.24, 2.45) is 0 Å². The van der Waals surface area contributed by atoms with E-state index in [1.807, 2.05) is 13.8 Å². The van der Waals surface area contributed by atoms with E-state index in [0.29, 0.717) is 0 Å². The second-order valence-electron chi connectivity index (χ2n) is 4.03. The Labute approximate surface area is 82.9 Å². The molecule has 2 heterocycles. The van der Waals surface area contributed by atoms with Gasteiger partial charge in [-0.05, 0) is 13.8 Å². The molecule has 0 aromatic carbocycles. The molecule has 0 aromatic heterocycles. The van der Waals surface area contributed by atoms with Crippen molar-refractivity contribution in [2.45, 2.75) is 44.2 Å². The monoisotopic (exact) mass is 204 g/mol. The van der Waals surface area contributed by atoms with E-state index in [2.05, 4.69) is 0 Å². The Balaban J connectivity index is 2.12. The van der Waals surface area contributed by atoms with Gasteiger partial charge in [0.05, 0.1) is 6.61 Å². The molecule has 4 atom stereocenters. The quantitative estimate of drug-likeness (QED) is 0.679. The van der Waals surface area contributed by atoms with Crippen LogP contribution in [0.5, 0.6) is 0 Å². The van der Waals surface area contributed by atoms with Crippen molar-refractivity contribution in [3.63, 3.8) is 0 Å². The molecular weight excluding hydrogens is 188 g/mol. The van der Waals surface area contributed by atoms with Crippen LogP contribution >= 0.6 is 0 Å². The van der Waals surface area contributed by atoms with Crippen molar-refractivity contribution in [1.29, 1.82) is 0 Å². The molecule has 2 aliphatic heterocycles. The first kappa shape index (κ1) is 10.3. The fourth-order valence-corrected chi connectivity index (χ4v) is 1.98. The van der Waals surface area contributed by atoms with E-state index in [1.54, 1.807) is 7.11 Å². The van der Waals surface area contributed by atoms with Gasteiger partial charge in [0, 0.05) is 7.11 Å². The van der Waals surface area contributed by atoms with Gasteiger partial charge in [-0.25, -0.2) is 0 Å². The highest BCUT2D eigenvalue weighted by atomic mass is 16.8. The van der Waals surface area contributed by atoms with Gasteiger partial charge in [-0.15, -0.1) is 0 Å². The van der Waals surface area contributed by atoms with Crippen LogP contribution < -0.4 is 0 Å². The lowest BCUT2D eigenvalue weighted by Gasteiger charge is -2.22. The Morgan fingerprint density at radius 1 is 1.29 bits per heavy atom. The molecule has 4 unspecified atom stereocenters. The van der Waals surface area contributed by atoms with E-state index >= 15 is 0 Å². The summed E-state index contributed by atoms with van der Waals surface area (Å²) in [6, 6.07) is 0. The second-order valence-corrected chi connectivity index (χ2v) is 4.03. The highest BCUT2D eigenvalue weighted by Gasteiger charge is 2.55. The van der Waals surface area contributed by atoms with Crippen LogP contribution in [0.3, 0.4) is 0 Å². The average molecular weight is 204 g/mol. The van der Waals surface area contributed by atoms with Gasteiger partial charge < -0.3 is 24.1 Å². The molecule has 1 N–H and O–H groups in total. The summed E-state index contributed by atoms with van der Waals surface area (Å²) in [7, 11) is 1.55. The van der Waals surface area contributed by atoms with Crippen LogP contribution in [0.4, 0.5) is 0 Å².